The second kappa shape index (κ2) is 11.5. The van der Waals surface area contributed by atoms with E-state index < -0.39 is 12.1 Å². The fourth-order valence-corrected chi connectivity index (χ4v) is 3.51. The number of aliphatic hydroxyl groups excluding tert-OH is 2. The number of aliphatic hydroxyl groups is 2. The Bertz CT molecular complexity index is 422. The molecule has 1 saturated carbocycles. The van der Waals surface area contributed by atoms with Crippen molar-refractivity contribution < 1.29 is 20.1 Å². The van der Waals surface area contributed by atoms with E-state index in [1.807, 2.05) is 31.2 Å². The first-order valence-corrected chi connectivity index (χ1v) is 9.10. The van der Waals surface area contributed by atoms with Gasteiger partial charge in [-0.3, -0.25) is 4.79 Å². The van der Waals surface area contributed by atoms with Gasteiger partial charge in [0.1, 0.15) is 0 Å². The number of aliphatic carboxylic acids is 1. The first-order chi connectivity index (χ1) is 11.5. The molecule has 0 spiro atoms. The maximum Gasteiger partial charge on any atom is 0.303 e. The molecule has 1 fully saturated rings. The molecule has 5 atom stereocenters. The summed E-state index contributed by atoms with van der Waals surface area (Å²) in [6.07, 6.45) is 12.3. The first-order valence-electron chi connectivity index (χ1n) is 9.10. The fraction of sp³-hybridized carbons (Fsp3) is 0.737. The molecule has 134 valence electrons. The van der Waals surface area contributed by atoms with Gasteiger partial charge in [-0.2, -0.15) is 0 Å². The van der Waals surface area contributed by atoms with Crippen LogP contribution >= 0.6 is 0 Å². The van der Waals surface area contributed by atoms with Crippen molar-refractivity contribution in [3.63, 3.8) is 0 Å². The van der Waals surface area contributed by atoms with Gasteiger partial charge in [0.05, 0.1) is 20.1 Å². The van der Waals surface area contributed by atoms with Gasteiger partial charge < -0.3 is 15.3 Å². The molecule has 2 unspecified atom stereocenters. The molecular weight excluding hydrogens is 303 g/mol. The first kappa shape index (κ1) is 21.0. The molecule has 0 saturated heterocycles. The molecule has 4 nitrogen and oxygen atoms in total. The van der Waals surface area contributed by atoms with E-state index in [0.29, 0.717) is 19.2 Å². The van der Waals surface area contributed by atoms with Crippen molar-refractivity contribution >= 4 is 13.8 Å². The summed E-state index contributed by atoms with van der Waals surface area (Å²) >= 11 is 0. The highest BCUT2D eigenvalue weighted by Gasteiger charge is 2.39. The highest BCUT2D eigenvalue weighted by molar-refractivity contribution is 6.08. The van der Waals surface area contributed by atoms with E-state index in [9.17, 15) is 15.0 Å². The maximum absolute atomic E-state index is 10.5. The average molecular weight is 334 g/mol. The van der Waals surface area contributed by atoms with Crippen LogP contribution in [0.3, 0.4) is 0 Å². The van der Waals surface area contributed by atoms with Crippen molar-refractivity contribution in [1.29, 1.82) is 0 Å². The van der Waals surface area contributed by atoms with Gasteiger partial charge in [0.15, 0.2) is 0 Å². The van der Waals surface area contributed by atoms with E-state index in [1.165, 1.54) is 0 Å². The van der Waals surface area contributed by atoms with E-state index in [4.69, 9.17) is 13.0 Å². The summed E-state index contributed by atoms with van der Waals surface area (Å²) < 4.78 is 0. The molecule has 3 N–H and O–H groups in total. The number of carboxylic acid groups (broad SMARTS) is 1. The molecule has 2 radical (unpaired) electrons. The van der Waals surface area contributed by atoms with Crippen LogP contribution in [0.25, 0.3) is 0 Å². The summed E-state index contributed by atoms with van der Waals surface area (Å²) in [6.45, 7) is 2.04. The Labute approximate surface area is 147 Å². The summed E-state index contributed by atoms with van der Waals surface area (Å²) in [4.78, 5) is 10.5. The quantitative estimate of drug-likeness (QED) is 0.308. The number of rotatable bonds is 11. The lowest BCUT2D eigenvalue weighted by molar-refractivity contribution is -0.137. The van der Waals surface area contributed by atoms with Crippen LogP contribution in [0.5, 0.6) is 0 Å². The number of allylic oxidation sites excluding steroid dienone is 3. The number of unbranched alkanes of at least 4 members (excludes halogenated alkanes) is 1. The van der Waals surface area contributed by atoms with Gasteiger partial charge >= 0.3 is 5.97 Å². The largest absolute Gasteiger partial charge is 0.481 e. The van der Waals surface area contributed by atoms with Crippen LogP contribution in [0.2, 0.25) is 6.32 Å². The molecule has 0 bridgehead atoms. The van der Waals surface area contributed by atoms with Crippen molar-refractivity contribution in [2.45, 2.75) is 70.4 Å². The third kappa shape index (κ3) is 7.22. The van der Waals surface area contributed by atoms with Crippen molar-refractivity contribution in [3.05, 3.63) is 24.3 Å². The van der Waals surface area contributed by atoms with Gasteiger partial charge in [0, 0.05) is 6.42 Å². The van der Waals surface area contributed by atoms with E-state index in [1.54, 1.807) is 0 Å². The lowest BCUT2D eigenvalue weighted by atomic mass is 9.80. The van der Waals surface area contributed by atoms with Gasteiger partial charge in [-0.05, 0) is 49.9 Å². The molecule has 0 aliphatic heterocycles. The molecular formula is C19H31BO4. The number of carbonyl (C=O) groups is 1. The minimum absolute atomic E-state index is 0.111. The van der Waals surface area contributed by atoms with Crippen LogP contribution in [0.4, 0.5) is 0 Å². The normalized spacial score (nSPS) is 28.8. The summed E-state index contributed by atoms with van der Waals surface area (Å²) in [5.74, 6) is -0.230. The van der Waals surface area contributed by atoms with E-state index >= 15 is 0 Å². The molecule has 0 heterocycles. The van der Waals surface area contributed by atoms with Crippen LogP contribution < -0.4 is 0 Å². The van der Waals surface area contributed by atoms with Crippen LogP contribution in [-0.2, 0) is 4.79 Å². The second-order valence-electron chi connectivity index (χ2n) is 6.77. The van der Waals surface area contributed by atoms with Gasteiger partial charge in [0.2, 0.25) is 0 Å². The molecule has 1 aliphatic carbocycles. The molecule has 1 aliphatic rings. The highest BCUT2D eigenvalue weighted by Crippen LogP contribution is 2.42. The summed E-state index contributed by atoms with van der Waals surface area (Å²) in [6, 6.07) is 0. The Balaban J connectivity index is 2.57. The van der Waals surface area contributed by atoms with Gasteiger partial charge in [-0.1, -0.05) is 44.0 Å². The van der Waals surface area contributed by atoms with Crippen LogP contribution in [0.15, 0.2) is 24.3 Å². The smallest absolute Gasteiger partial charge is 0.303 e. The maximum atomic E-state index is 10.5. The zero-order valence-corrected chi connectivity index (χ0v) is 14.7. The summed E-state index contributed by atoms with van der Waals surface area (Å²) in [5.41, 5.74) is 0. The van der Waals surface area contributed by atoms with E-state index in [2.05, 4.69) is 0 Å². The number of carboxylic acids is 1. The highest BCUT2D eigenvalue weighted by atomic mass is 16.4. The Morgan fingerprint density at radius 3 is 2.75 bits per heavy atom. The second-order valence-corrected chi connectivity index (χ2v) is 6.77. The van der Waals surface area contributed by atoms with E-state index in [-0.39, 0.29) is 30.3 Å². The van der Waals surface area contributed by atoms with Crippen molar-refractivity contribution in [1.82, 2.24) is 0 Å². The lowest BCUT2D eigenvalue weighted by Crippen LogP contribution is -2.19. The van der Waals surface area contributed by atoms with Crippen LogP contribution in [0.1, 0.15) is 51.9 Å². The molecule has 0 aromatic heterocycles. The van der Waals surface area contributed by atoms with Crippen LogP contribution in [0, 0.1) is 17.8 Å². The molecule has 0 aromatic rings. The Hall–Kier alpha value is -1.07. The van der Waals surface area contributed by atoms with Crippen molar-refractivity contribution in [2.75, 3.05) is 0 Å². The fourth-order valence-electron chi connectivity index (χ4n) is 3.51. The zero-order chi connectivity index (χ0) is 17.9. The Morgan fingerprint density at radius 2 is 2.12 bits per heavy atom. The van der Waals surface area contributed by atoms with Crippen molar-refractivity contribution in [2.24, 2.45) is 17.8 Å². The molecule has 5 heteroatoms. The molecule has 0 aromatic carbocycles. The summed E-state index contributed by atoms with van der Waals surface area (Å²) in [7, 11) is 5.86. The predicted molar refractivity (Wildman–Crippen MR) is 97.0 cm³/mol. The average Bonchev–Trinajstić information content (AvgIpc) is 2.84. The summed E-state index contributed by atoms with van der Waals surface area (Å²) in [5, 5.41) is 28.9. The molecule has 0 amide bonds. The Kier molecular flexibility index (Phi) is 10.0. The molecule has 1 rings (SSSR count). The minimum atomic E-state index is -0.767. The topological polar surface area (TPSA) is 77.8 Å². The Morgan fingerprint density at radius 1 is 1.38 bits per heavy atom. The SMILES string of the molecule is [B]C[C@@H]1CC(O)[C@H](C/C=C\CCCC(=O)O)[C@H]1/C=C/C(O)CCC. The van der Waals surface area contributed by atoms with Gasteiger partial charge in [0.25, 0.3) is 0 Å². The molecule has 24 heavy (non-hydrogen) atoms. The van der Waals surface area contributed by atoms with Gasteiger partial charge in [-0.25, -0.2) is 0 Å². The zero-order valence-electron chi connectivity index (χ0n) is 14.7. The monoisotopic (exact) mass is 334 g/mol. The number of hydrogen-bond donors (Lipinski definition) is 3. The predicted octanol–water partition coefficient (Wildman–Crippen LogP) is 3.10. The minimum Gasteiger partial charge on any atom is -0.481 e. The lowest BCUT2D eigenvalue weighted by Gasteiger charge is -2.21. The van der Waals surface area contributed by atoms with Crippen molar-refractivity contribution in [3.8, 4) is 0 Å². The third-order valence-corrected chi connectivity index (χ3v) is 4.86. The standard InChI is InChI=1S/C19H31BO4/c1-2-7-15(21)10-11-16-14(13-20)12-18(22)17(16)8-5-3-4-6-9-19(23)24/h3,5,10-11,14-18,21-22H,2,4,6-9,12-13H2,1H3,(H,23,24)/b5-3-,11-10+/t14-,15?,16-,17+,18?/m0/s1. The van der Waals surface area contributed by atoms with Gasteiger partial charge in [-0.15, -0.1) is 0 Å². The third-order valence-electron chi connectivity index (χ3n) is 4.86. The van der Waals surface area contributed by atoms with E-state index in [0.717, 1.165) is 25.7 Å². The number of hydrogen-bond acceptors (Lipinski definition) is 3. The van der Waals surface area contributed by atoms with Crippen LogP contribution in [-0.4, -0.2) is 41.3 Å².